The molecular formula is C11H15ClN2O. The lowest BCUT2D eigenvalue weighted by Crippen LogP contribution is -2.39. The van der Waals surface area contributed by atoms with Gasteiger partial charge in [0.25, 0.3) is 0 Å². The maximum absolute atomic E-state index is 10.9. The number of nitrogens with two attached hydrogens (primary N) is 1. The minimum atomic E-state index is -0.351. The van der Waals surface area contributed by atoms with E-state index in [9.17, 15) is 4.79 Å². The predicted molar refractivity (Wildman–Crippen MR) is 61.7 cm³/mol. The maximum Gasteiger partial charge on any atom is 0.234 e. The van der Waals surface area contributed by atoms with Crippen LogP contribution in [0.3, 0.4) is 0 Å². The molecule has 3 nitrogen and oxygen atoms in total. The number of hydrogen-bond acceptors (Lipinski definition) is 2. The molecule has 0 heterocycles. The molecule has 0 bridgehead atoms. The van der Waals surface area contributed by atoms with Crippen molar-refractivity contribution >= 4 is 17.5 Å². The minimum absolute atomic E-state index is 0.0739. The van der Waals surface area contributed by atoms with Crippen molar-refractivity contribution in [3.8, 4) is 0 Å². The van der Waals surface area contributed by atoms with Crippen LogP contribution in [0.5, 0.6) is 0 Å². The second-order valence-corrected chi connectivity index (χ2v) is 4.00. The summed E-state index contributed by atoms with van der Waals surface area (Å²) < 4.78 is 0. The SMILES string of the molecule is C[C@H](N[C@H](C)c1ccc(Cl)cc1)C(N)=O. The molecule has 0 spiro atoms. The third-order valence-electron chi connectivity index (χ3n) is 2.30. The Balaban J connectivity index is 2.64. The van der Waals surface area contributed by atoms with Crippen LogP contribution in [-0.2, 0) is 4.79 Å². The summed E-state index contributed by atoms with van der Waals surface area (Å²) in [5.74, 6) is -0.351. The van der Waals surface area contributed by atoms with Gasteiger partial charge in [-0.2, -0.15) is 0 Å². The van der Waals surface area contributed by atoms with Crippen LogP contribution < -0.4 is 11.1 Å². The van der Waals surface area contributed by atoms with E-state index in [1.807, 2.05) is 31.2 Å². The van der Waals surface area contributed by atoms with Gasteiger partial charge in [-0.25, -0.2) is 0 Å². The fourth-order valence-corrected chi connectivity index (χ4v) is 1.43. The quantitative estimate of drug-likeness (QED) is 0.824. The molecule has 1 amide bonds. The molecule has 0 aromatic heterocycles. The molecule has 0 saturated heterocycles. The van der Waals surface area contributed by atoms with Gasteiger partial charge in [0, 0.05) is 11.1 Å². The molecule has 0 aliphatic rings. The van der Waals surface area contributed by atoms with Crippen LogP contribution in [0.1, 0.15) is 25.5 Å². The molecule has 0 fully saturated rings. The van der Waals surface area contributed by atoms with E-state index in [2.05, 4.69) is 5.32 Å². The fourth-order valence-electron chi connectivity index (χ4n) is 1.30. The number of nitrogens with one attached hydrogen (secondary N) is 1. The van der Waals surface area contributed by atoms with Gasteiger partial charge in [0.1, 0.15) is 0 Å². The number of benzene rings is 1. The van der Waals surface area contributed by atoms with E-state index >= 15 is 0 Å². The van der Waals surface area contributed by atoms with Crippen LogP contribution >= 0.6 is 11.6 Å². The van der Waals surface area contributed by atoms with Gasteiger partial charge in [0.2, 0.25) is 5.91 Å². The molecular weight excluding hydrogens is 212 g/mol. The summed E-state index contributed by atoms with van der Waals surface area (Å²) in [6.45, 7) is 3.72. The summed E-state index contributed by atoms with van der Waals surface area (Å²) in [5.41, 5.74) is 6.24. The van der Waals surface area contributed by atoms with Gasteiger partial charge in [-0.3, -0.25) is 10.1 Å². The smallest absolute Gasteiger partial charge is 0.234 e. The first-order valence-corrected chi connectivity index (χ1v) is 5.19. The van der Waals surface area contributed by atoms with E-state index in [4.69, 9.17) is 17.3 Å². The number of primary amides is 1. The first-order chi connectivity index (χ1) is 7.00. The van der Waals surface area contributed by atoms with Crippen LogP contribution in [-0.4, -0.2) is 11.9 Å². The first kappa shape index (κ1) is 12.0. The van der Waals surface area contributed by atoms with E-state index in [-0.39, 0.29) is 18.0 Å². The van der Waals surface area contributed by atoms with Gasteiger partial charge < -0.3 is 5.73 Å². The van der Waals surface area contributed by atoms with Crippen molar-refractivity contribution in [2.45, 2.75) is 25.9 Å². The Morgan fingerprint density at radius 1 is 1.33 bits per heavy atom. The van der Waals surface area contributed by atoms with Gasteiger partial charge in [0.15, 0.2) is 0 Å². The Kier molecular flexibility index (Phi) is 4.12. The van der Waals surface area contributed by atoms with Crippen LogP contribution in [0.25, 0.3) is 0 Å². The molecule has 0 saturated carbocycles. The number of hydrogen-bond donors (Lipinski definition) is 2. The zero-order valence-corrected chi connectivity index (χ0v) is 9.58. The van der Waals surface area contributed by atoms with Crippen molar-refractivity contribution in [2.24, 2.45) is 5.73 Å². The van der Waals surface area contributed by atoms with Crippen molar-refractivity contribution in [1.82, 2.24) is 5.32 Å². The third kappa shape index (κ3) is 3.53. The topological polar surface area (TPSA) is 55.1 Å². The lowest BCUT2D eigenvalue weighted by Gasteiger charge is -2.17. The molecule has 2 atom stereocenters. The zero-order chi connectivity index (χ0) is 11.4. The highest BCUT2D eigenvalue weighted by Gasteiger charge is 2.12. The molecule has 82 valence electrons. The van der Waals surface area contributed by atoms with E-state index in [1.54, 1.807) is 6.92 Å². The molecule has 15 heavy (non-hydrogen) atoms. The summed E-state index contributed by atoms with van der Waals surface area (Å²) >= 11 is 5.78. The molecule has 0 unspecified atom stereocenters. The normalized spacial score (nSPS) is 14.6. The minimum Gasteiger partial charge on any atom is -0.368 e. The highest BCUT2D eigenvalue weighted by atomic mass is 35.5. The third-order valence-corrected chi connectivity index (χ3v) is 2.55. The van der Waals surface area contributed by atoms with Crippen molar-refractivity contribution in [3.05, 3.63) is 34.9 Å². The Morgan fingerprint density at radius 3 is 2.33 bits per heavy atom. The Bertz CT molecular complexity index is 337. The van der Waals surface area contributed by atoms with E-state index in [0.29, 0.717) is 5.02 Å². The van der Waals surface area contributed by atoms with Crippen molar-refractivity contribution < 1.29 is 4.79 Å². The highest BCUT2D eigenvalue weighted by Crippen LogP contribution is 2.16. The lowest BCUT2D eigenvalue weighted by molar-refractivity contribution is -0.119. The van der Waals surface area contributed by atoms with Crippen LogP contribution in [0.4, 0.5) is 0 Å². The monoisotopic (exact) mass is 226 g/mol. The predicted octanol–water partition coefficient (Wildman–Crippen LogP) is 1.86. The molecule has 0 aliphatic heterocycles. The second kappa shape index (κ2) is 5.14. The number of carbonyl (C=O) groups is 1. The summed E-state index contributed by atoms with van der Waals surface area (Å²) in [5, 5.41) is 3.80. The number of halogens is 1. The van der Waals surface area contributed by atoms with E-state index in [1.165, 1.54) is 0 Å². The zero-order valence-electron chi connectivity index (χ0n) is 8.83. The molecule has 0 radical (unpaired) electrons. The second-order valence-electron chi connectivity index (χ2n) is 3.56. The molecule has 3 N–H and O–H groups in total. The number of rotatable bonds is 4. The average molecular weight is 227 g/mol. The van der Waals surface area contributed by atoms with Gasteiger partial charge in [-0.15, -0.1) is 0 Å². The summed E-state index contributed by atoms with van der Waals surface area (Å²) in [6, 6.07) is 7.23. The van der Waals surface area contributed by atoms with Crippen LogP contribution in [0.15, 0.2) is 24.3 Å². The Morgan fingerprint density at radius 2 is 1.87 bits per heavy atom. The van der Waals surface area contributed by atoms with Gasteiger partial charge in [-0.1, -0.05) is 23.7 Å². The average Bonchev–Trinajstić information content (AvgIpc) is 2.18. The van der Waals surface area contributed by atoms with E-state index in [0.717, 1.165) is 5.56 Å². The Hall–Kier alpha value is -1.06. The standard InChI is InChI=1S/C11H15ClN2O/c1-7(14-8(2)11(13)15)9-3-5-10(12)6-4-9/h3-8,14H,1-2H3,(H2,13,15)/t7-,8+/m1/s1. The Labute approximate surface area is 94.6 Å². The van der Waals surface area contributed by atoms with Crippen molar-refractivity contribution in [1.29, 1.82) is 0 Å². The summed E-state index contributed by atoms with van der Waals surface area (Å²) in [7, 11) is 0. The maximum atomic E-state index is 10.9. The van der Waals surface area contributed by atoms with Crippen molar-refractivity contribution in [3.63, 3.8) is 0 Å². The first-order valence-electron chi connectivity index (χ1n) is 4.81. The molecule has 1 rings (SSSR count). The van der Waals surface area contributed by atoms with Gasteiger partial charge in [-0.05, 0) is 31.5 Å². The van der Waals surface area contributed by atoms with Crippen LogP contribution in [0.2, 0.25) is 5.02 Å². The molecule has 1 aromatic rings. The van der Waals surface area contributed by atoms with Gasteiger partial charge >= 0.3 is 0 Å². The number of amides is 1. The van der Waals surface area contributed by atoms with Crippen LogP contribution in [0, 0.1) is 0 Å². The number of carbonyl (C=O) groups excluding carboxylic acids is 1. The summed E-state index contributed by atoms with van der Waals surface area (Å²) in [6.07, 6.45) is 0. The molecule has 4 heteroatoms. The lowest BCUT2D eigenvalue weighted by atomic mass is 10.1. The summed E-state index contributed by atoms with van der Waals surface area (Å²) in [4.78, 5) is 10.9. The van der Waals surface area contributed by atoms with Gasteiger partial charge in [0.05, 0.1) is 6.04 Å². The largest absolute Gasteiger partial charge is 0.368 e. The molecule has 1 aromatic carbocycles. The fraction of sp³-hybridized carbons (Fsp3) is 0.364. The van der Waals surface area contributed by atoms with Crippen molar-refractivity contribution in [2.75, 3.05) is 0 Å². The van der Waals surface area contributed by atoms with E-state index < -0.39 is 0 Å². The highest BCUT2D eigenvalue weighted by molar-refractivity contribution is 6.30. The molecule has 0 aliphatic carbocycles.